The van der Waals surface area contributed by atoms with Crippen LogP contribution in [0.1, 0.15) is 39.5 Å². The molecule has 0 unspecified atom stereocenters. The van der Waals surface area contributed by atoms with Crippen LogP contribution in [0.25, 0.3) is 0 Å². The molecule has 2 aliphatic carbocycles. The monoisotopic (exact) mass is 236 g/mol. The van der Waals surface area contributed by atoms with E-state index in [1.165, 1.54) is 38.8 Å². The lowest BCUT2D eigenvalue weighted by molar-refractivity contribution is 0.0987. The number of hydrogen-bond acceptors (Lipinski definition) is 3. The van der Waals surface area contributed by atoms with Crippen LogP contribution in [-0.4, -0.2) is 35.0 Å². The van der Waals surface area contributed by atoms with Crippen molar-refractivity contribution < 1.29 is 5.21 Å². The third-order valence-corrected chi connectivity index (χ3v) is 5.05. The van der Waals surface area contributed by atoms with Crippen molar-refractivity contribution >= 4 is 5.71 Å². The van der Waals surface area contributed by atoms with Crippen molar-refractivity contribution in [1.29, 1.82) is 0 Å². The molecule has 0 aromatic carbocycles. The second kappa shape index (κ2) is 4.27. The molecule has 1 saturated heterocycles. The van der Waals surface area contributed by atoms with Crippen molar-refractivity contribution in [2.45, 2.75) is 45.6 Å². The molecule has 0 aromatic heterocycles. The second-order valence-corrected chi connectivity index (χ2v) is 6.64. The highest BCUT2D eigenvalue weighted by molar-refractivity contribution is 5.94. The van der Waals surface area contributed by atoms with Crippen LogP contribution in [0.2, 0.25) is 0 Å². The molecule has 3 nitrogen and oxygen atoms in total. The SMILES string of the molecule is C[C@@H]1C[C@H](C)CN([C@H]2/C(=N\O)[C@H]3CC[C@@H]2C3)C1. The van der Waals surface area contributed by atoms with Gasteiger partial charge in [-0.15, -0.1) is 0 Å². The summed E-state index contributed by atoms with van der Waals surface area (Å²) < 4.78 is 0. The number of piperidine rings is 1. The first-order chi connectivity index (χ1) is 8.19. The zero-order valence-electron chi connectivity index (χ0n) is 11.0. The van der Waals surface area contributed by atoms with Gasteiger partial charge in [0.15, 0.2) is 0 Å². The number of oxime groups is 1. The second-order valence-electron chi connectivity index (χ2n) is 6.64. The van der Waals surface area contributed by atoms with Crippen LogP contribution in [0.5, 0.6) is 0 Å². The minimum atomic E-state index is 0.462. The minimum Gasteiger partial charge on any atom is -0.411 e. The summed E-state index contributed by atoms with van der Waals surface area (Å²) >= 11 is 0. The summed E-state index contributed by atoms with van der Waals surface area (Å²) in [4.78, 5) is 2.61. The van der Waals surface area contributed by atoms with Gasteiger partial charge in [0.2, 0.25) is 0 Å². The summed E-state index contributed by atoms with van der Waals surface area (Å²) in [6, 6.07) is 0.462. The van der Waals surface area contributed by atoms with Crippen molar-refractivity contribution in [3.63, 3.8) is 0 Å². The van der Waals surface area contributed by atoms with Gasteiger partial charge in [-0.25, -0.2) is 0 Å². The van der Waals surface area contributed by atoms with Crippen LogP contribution in [0, 0.1) is 23.7 Å². The normalized spacial score (nSPS) is 49.1. The van der Waals surface area contributed by atoms with E-state index in [0.717, 1.165) is 23.5 Å². The zero-order valence-corrected chi connectivity index (χ0v) is 11.0. The van der Waals surface area contributed by atoms with Crippen LogP contribution in [0.4, 0.5) is 0 Å². The Labute approximate surface area is 104 Å². The van der Waals surface area contributed by atoms with Gasteiger partial charge in [0.1, 0.15) is 0 Å². The molecule has 17 heavy (non-hydrogen) atoms. The van der Waals surface area contributed by atoms with Gasteiger partial charge in [-0.2, -0.15) is 0 Å². The Bertz CT molecular complexity index is 318. The summed E-state index contributed by atoms with van der Waals surface area (Å²) in [5, 5.41) is 12.9. The highest BCUT2D eigenvalue weighted by Crippen LogP contribution is 2.45. The van der Waals surface area contributed by atoms with Gasteiger partial charge in [0.05, 0.1) is 11.8 Å². The number of nitrogens with zero attached hydrogens (tertiary/aromatic N) is 2. The smallest absolute Gasteiger partial charge is 0.0775 e. The number of fused-ring (bicyclic) bond motifs is 2. The van der Waals surface area contributed by atoms with E-state index in [1.54, 1.807) is 0 Å². The average Bonchev–Trinajstić information content (AvgIpc) is 2.86. The molecule has 0 spiro atoms. The first-order valence-corrected chi connectivity index (χ1v) is 7.15. The summed E-state index contributed by atoms with van der Waals surface area (Å²) in [7, 11) is 0. The van der Waals surface area contributed by atoms with Gasteiger partial charge in [-0.05, 0) is 43.4 Å². The first kappa shape index (κ1) is 11.5. The molecule has 3 aliphatic rings. The summed E-state index contributed by atoms with van der Waals surface area (Å²) in [6.45, 7) is 7.09. The van der Waals surface area contributed by atoms with Gasteiger partial charge in [0.25, 0.3) is 0 Å². The Morgan fingerprint density at radius 3 is 2.47 bits per heavy atom. The molecule has 0 aromatic rings. The topological polar surface area (TPSA) is 35.8 Å². The zero-order chi connectivity index (χ0) is 12.0. The molecule has 3 fully saturated rings. The van der Waals surface area contributed by atoms with Crippen molar-refractivity contribution in [1.82, 2.24) is 4.90 Å². The van der Waals surface area contributed by atoms with Crippen LogP contribution < -0.4 is 0 Å². The molecule has 1 heterocycles. The average molecular weight is 236 g/mol. The van der Waals surface area contributed by atoms with Crippen LogP contribution in [0.3, 0.4) is 0 Å². The van der Waals surface area contributed by atoms with Crippen molar-refractivity contribution in [3.05, 3.63) is 0 Å². The fraction of sp³-hybridized carbons (Fsp3) is 0.929. The van der Waals surface area contributed by atoms with Gasteiger partial charge < -0.3 is 5.21 Å². The summed E-state index contributed by atoms with van der Waals surface area (Å²) in [5.41, 5.74) is 1.10. The third kappa shape index (κ3) is 1.88. The maximum atomic E-state index is 9.28. The number of hydrogen-bond donors (Lipinski definition) is 1. The van der Waals surface area contributed by atoms with Crippen LogP contribution in [0.15, 0.2) is 5.16 Å². The van der Waals surface area contributed by atoms with Crippen LogP contribution >= 0.6 is 0 Å². The predicted octanol–water partition coefficient (Wildman–Crippen LogP) is 2.59. The van der Waals surface area contributed by atoms with Crippen LogP contribution in [-0.2, 0) is 0 Å². The Morgan fingerprint density at radius 1 is 1.12 bits per heavy atom. The molecule has 1 aliphatic heterocycles. The van der Waals surface area contributed by atoms with E-state index in [2.05, 4.69) is 23.9 Å². The van der Waals surface area contributed by atoms with E-state index in [9.17, 15) is 5.21 Å². The minimum absolute atomic E-state index is 0.462. The first-order valence-electron chi connectivity index (χ1n) is 7.15. The molecule has 2 bridgehead atoms. The molecule has 0 amide bonds. The maximum Gasteiger partial charge on any atom is 0.0775 e. The maximum absolute atomic E-state index is 9.28. The molecule has 0 radical (unpaired) electrons. The standard InChI is InChI=1S/C14H24N2O/c1-9-5-10(2)8-16(7-9)14-12-4-3-11(6-12)13(14)15-17/h9-12,14,17H,3-8H2,1-2H3/b15-13-/t9-,10+,11-,12+,14+/m0/s1. The fourth-order valence-corrected chi connectivity index (χ4v) is 4.62. The van der Waals surface area contributed by atoms with Crippen molar-refractivity contribution in [3.8, 4) is 0 Å². The van der Waals surface area contributed by atoms with Gasteiger partial charge in [-0.1, -0.05) is 19.0 Å². The lowest BCUT2D eigenvalue weighted by Crippen LogP contribution is -2.50. The molecule has 3 heteroatoms. The number of rotatable bonds is 1. The highest BCUT2D eigenvalue weighted by atomic mass is 16.4. The van der Waals surface area contributed by atoms with Gasteiger partial charge in [0, 0.05) is 19.0 Å². The molecule has 96 valence electrons. The Kier molecular flexibility index (Phi) is 2.89. The molecule has 2 saturated carbocycles. The lowest BCUT2D eigenvalue weighted by atomic mass is 9.86. The molecule has 5 atom stereocenters. The summed E-state index contributed by atoms with van der Waals surface area (Å²) in [5.74, 6) is 2.93. The van der Waals surface area contributed by atoms with E-state index in [1.807, 2.05) is 0 Å². The molecular formula is C14H24N2O. The van der Waals surface area contributed by atoms with Crippen molar-refractivity contribution in [2.75, 3.05) is 13.1 Å². The Balaban J connectivity index is 1.79. The largest absolute Gasteiger partial charge is 0.411 e. The highest BCUT2D eigenvalue weighted by Gasteiger charge is 2.48. The lowest BCUT2D eigenvalue weighted by Gasteiger charge is -2.41. The Hall–Kier alpha value is -0.570. The predicted molar refractivity (Wildman–Crippen MR) is 68.4 cm³/mol. The summed E-state index contributed by atoms with van der Waals surface area (Å²) in [6.07, 6.45) is 5.21. The molecular weight excluding hydrogens is 212 g/mol. The van der Waals surface area contributed by atoms with Gasteiger partial charge >= 0.3 is 0 Å². The molecule has 3 rings (SSSR count). The fourth-order valence-electron chi connectivity index (χ4n) is 4.62. The van der Waals surface area contributed by atoms with E-state index < -0.39 is 0 Å². The third-order valence-electron chi connectivity index (χ3n) is 5.05. The van der Waals surface area contributed by atoms with Gasteiger partial charge in [-0.3, -0.25) is 4.90 Å². The van der Waals surface area contributed by atoms with E-state index in [-0.39, 0.29) is 0 Å². The van der Waals surface area contributed by atoms with E-state index >= 15 is 0 Å². The van der Waals surface area contributed by atoms with E-state index in [0.29, 0.717) is 12.0 Å². The van der Waals surface area contributed by atoms with E-state index in [4.69, 9.17) is 0 Å². The van der Waals surface area contributed by atoms with Crippen molar-refractivity contribution in [2.24, 2.45) is 28.8 Å². The number of likely N-dealkylation sites (tertiary alicyclic amines) is 1. The quantitative estimate of drug-likeness (QED) is 0.561. The Morgan fingerprint density at radius 2 is 1.82 bits per heavy atom. The molecule has 1 N–H and O–H groups in total.